The molecule has 5 aromatic rings. The zero-order chi connectivity index (χ0) is 51.1. The number of imide groups is 2. The molecule has 10 rings (SSSR count). The molecule has 0 saturated carbocycles. The van der Waals surface area contributed by atoms with Crippen LogP contribution in [-0.4, -0.2) is 140 Å². The van der Waals surface area contributed by atoms with E-state index in [2.05, 4.69) is 51.8 Å². The topological polar surface area (TPSA) is 224 Å². The Hall–Kier alpha value is -6.65. The fourth-order valence-electron chi connectivity index (χ4n) is 10.1. The Morgan fingerprint density at radius 3 is 2.27 bits per heavy atom. The average Bonchev–Trinajstić information content (AvgIpc) is 3.94. The number of carbonyl (C=O) groups is 4. The summed E-state index contributed by atoms with van der Waals surface area (Å²) in [6.07, 6.45) is 8.10. The van der Waals surface area contributed by atoms with Crippen LogP contribution in [0.1, 0.15) is 52.8 Å². The molecule has 24 heteroatoms. The highest BCUT2D eigenvalue weighted by molar-refractivity contribution is 9.10. The van der Waals surface area contributed by atoms with Crippen molar-refractivity contribution in [3.8, 4) is 28.4 Å². The van der Waals surface area contributed by atoms with Gasteiger partial charge < -0.3 is 43.7 Å². The molecule has 0 aliphatic carbocycles. The zero-order valence-corrected chi connectivity index (χ0v) is 43.1. The Balaban J connectivity index is 0.787. The number of benzene rings is 3. The number of aromatic nitrogens is 4. The fraction of sp³-hybridized carbons (Fsp3) is 0.408. The molecule has 3 saturated heterocycles. The summed E-state index contributed by atoms with van der Waals surface area (Å²) < 4.78 is 60.3. The highest BCUT2D eigenvalue weighted by Crippen LogP contribution is 2.53. The van der Waals surface area contributed by atoms with Crippen molar-refractivity contribution < 1.29 is 51.4 Å². The van der Waals surface area contributed by atoms with Crippen molar-refractivity contribution in [2.45, 2.75) is 38.1 Å². The Bertz CT molecular complexity index is 3050. The SMILES string of the molecule is COc1cc(N2CCN(CCC3CCN(c4cc5c(cc4F)C(=O)N(C4CCC(=O)NC4=O)C5=O)CC3)CC2)c(-c2cnn(C)c2)cc1Nc1ncc(Br)c(Nc2ccc3c(c2P(=O)(OC)OC)OCCO3)n1. The van der Waals surface area contributed by atoms with E-state index in [1.807, 2.05) is 36.5 Å². The van der Waals surface area contributed by atoms with Gasteiger partial charge in [0.1, 0.15) is 41.9 Å². The highest BCUT2D eigenvalue weighted by Gasteiger charge is 2.45. The summed E-state index contributed by atoms with van der Waals surface area (Å²) in [6.45, 7) is 5.93. The second-order valence-electron chi connectivity index (χ2n) is 18.3. The third kappa shape index (κ3) is 9.83. The van der Waals surface area contributed by atoms with Crippen LogP contribution in [0.25, 0.3) is 11.1 Å². The quantitative estimate of drug-likeness (QED) is 0.0809. The number of carbonyl (C=O) groups excluding carboxylic acids is 4. The van der Waals surface area contributed by atoms with Gasteiger partial charge in [0, 0.05) is 102 Å². The number of anilines is 6. The Morgan fingerprint density at radius 1 is 0.849 bits per heavy atom. The summed E-state index contributed by atoms with van der Waals surface area (Å²) in [4.78, 5) is 67.9. The van der Waals surface area contributed by atoms with E-state index in [1.54, 1.807) is 30.1 Å². The highest BCUT2D eigenvalue weighted by atomic mass is 79.9. The lowest BCUT2D eigenvalue weighted by Crippen LogP contribution is -2.54. The number of nitrogens with zero attached hydrogens (tertiary/aromatic N) is 8. The number of piperidine rings is 2. The first kappa shape index (κ1) is 49.9. The average molecular weight is 1090 g/mol. The van der Waals surface area contributed by atoms with Gasteiger partial charge in [-0.25, -0.2) is 9.37 Å². The van der Waals surface area contributed by atoms with Gasteiger partial charge in [-0.15, -0.1) is 0 Å². The van der Waals surface area contributed by atoms with Crippen LogP contribution in [-0.2, 0) is 30.2 Å². The number of ether oxygens (including phenoxy) is 3. The second kappa shape index (κ2) is 20.7. The maximum atomic E-state index is 15.6. The van der Waals surface area contributed by atoms with Gasteiger partial charge in [-0.2, -0.15) is 10.1 Å². The molecule has 73 heavy (non-hydrogen) atoms. The Kier molecular flexibility index (Phi) is 14.1. The molecule has 21 nitrogen and oxygen atoms in total. The summed E-state index contributed by atoms with van der Waals surface area (Å²) in [5.41, 5.74) is 4.09. The molecule has 5 aliphatic rings. The van der Waals surface area contributed by atoms with Crippen molar-refractivity contribution in [2.75, 3.05) is 101 Å². The molecule has 4 amide bonds. The lowest BCUT2D eigenvalue weighted by atomic mass is 9.92. The standard InChI is InChI=1S/C49H54BrFN11O10P/c1-58-27-29(25-53-58)30-22-36(55-49-52-26-33(50)45(57-49)54-35-5-7-40-43(72-20-19-71-40)44(35)73(67,69-3)70-4)41(68-2)24-38(30)61-17-15-59(16-18-61)12-9-28-10-13-60(14-11-28)39-23-32-31(21-34(39)51)47(65)62(48(32)66)37-6-8-42(63)56-46(37)64/h5,7,21-28,37H,6,8-20H2,1-4H3,(H,56,63,64)(H2,52,54,55,57). The van der Waals surface area contributed by atoms with E-state index < -0.39 is 43.1 Å². The van der Waals surface area contributed by atoms with Crippen LogP contribution in [0.2, 0.25) is 0 Å². The first-order valence-electron chi connectivity index (χ1n) is 24.0. The van der Waals surface area contributed by atoms with Gasteiger partial charge in [-0.05, 0) is 84.4 Å². The molecule has 0 radical (unpaired) electrons. The molecular weight excluding hydrogens is 1030 g/mol. The van der Waals surface area contributed by atoms with Crippen molar-refractivity contribution in [3.63, 3.8) is 0 Å². The number of hydrogen-bond donors (Lipinski definition) is 3. The number of piperazine rings is 1. The lowest BCUT2D eigenvalue weighted by Gasteiger charge is -2.39. The van der Waals surface area contributed by atoms with Crippen molar-refractivity contribution in [1.29, 1.82) is 0 Å². The minimum absolute atomic E-state index is 0.00681. The predicted octanol–water partition coefficient (Wildman–Crippen LogP) is 5.99. The van der Waals surface area contributed by atoms with Gasteiger partial charge >= 0.3 is 7.60 Å². The smallest absolute Gasteiger partial charge is 0.366 e. The van der Waals surface area contributed by atoms with Crippen LogP contribution in [0, 0.1) is 11.7 Å². The Morgan fingerprint density at radius 2 is 1.58 bits per heavy atom. The van der Waals surface area contributed by atoms with Gasteiger partial charge in [0.25, 0.3) is 11.8 Å². The van der Waals surface area contributed by atoms with Gasteiger partial charge in [-0.1, -0.05) is 0 Å². The normalized spacial score (nSPS) is 18.5. The van der Waals surface area contributed by atoms with Crippen molar-refractivity contribution in [2.24, 2.45) is 13.0 Å². The monoisotopic (exact) mass is 1090 g/mol. The molecule has 3 aromatic carbocycles. The zero-order valence-electron chi connectivity index (χ0n) is 40.6. The van der Waals surface area contributed by atoms with E-state index in [1.165, 1.54) is 20.3 Å². The first-order chi connectivity index (χ1) is 35.2. The molecule has 5 aliphatic heterocycles. The van der Waals surface area contributed by atoms with Crippen molar-refractivity contribution in [3.05, 3.63) is 76.4 Å². The van der Waals surface area contributed by atoms with E-state index in [-0.39, 0.29) is 53.3 Å². The van der Waals surface area contributed by atoms with E-state index >= 15 is 4.39 Å². The van der Waals surface area contributed by atoms with Gasteiger partial charge in [0.2, 0.25) is 17.8 Å². The van der Waals surface area contributed by atoms with Crippen LogP contribution in [0.4, 0.5) is 38.9 Å². The van der Waals surface area contributed by atoms with E-state index in [0.717, 1.165) is 79.8 Å². The van der Waals surface area contributed by atoms with E-state index in [9.17, 15) is 23.7 Å². The fourth-order valence-corrected chi connectivity index (χ4v) is 11.8. The summed E-state index contributed by atoms with van der Waals surface area (Å²) in [5.74, 6) is -0.861. The van der Waals surface area contributed by atoms with Crippen molar-refractivity contribution in [1.82, 2.24) is 34.9 Å². The summed E-state index contributed by atoms with van der Waals surface area (Å²) in [7, 11) is 2.24. The lowest BCUT2D eigenvalue weighted by molar-refractivity contribution is -0.136. The number of halogens is 2. The van der Waals surface area contributed by atoms with Gasteiger partial charge in [-0.3, -0.25) is 43.5 Å². The van der Waals surface area contributed by atoms with Crippen LogP contribution < -0.4 is 45.3 Å². The number of nitrogens with one attached hydrogen (secondary N) is 3. The molecule has 1 unspecified atom stereocenters. The first-order valence-corrected chi connectivity index (χ1v) is 26.3. The van der Waals surface area contributed by atoms with E-state index in [0.29, 0.717) is 58.8 Å². The second-order valence-corrected chi connectivity index (χ2v) is 21.3. The third-order valence-electron chi connectivity index (χ3n) is 14.0. The number of amides is 4. The number of hydrogen-bond acceptors (Lipinski definition) is 18. The van der Waals surface area contributed by atoms with Crippen LogP contribution in [0.15, 0.2) is 59.5 Å². The van der Waals surface area contributed by atoms with Gasteiger partial charge in [0.15, 0.2) is 11.5 Å². The van der Waals surface area contributed by atoms with E-state index in [4.69, 9.17) is 28.2 Å². The molecule has 0 spiro atoms. The molecule has 1 atom stereocenters. The number of rotatable bonds is 15. The maximum Gasteiger partial charge on any atom is 0.366 e. The number of aryl methyl sites for hydroxylation is 1. The Labute approximate surface area is 428 Å². The molecule has 2 aromatic heterocycles. The van der Waals surface area contributed by atoms with Crippen molar-refractivity contribution >= 4 is 87.0 Å². The summed E-state index contributed by atoms with van der Waals surface area (Å²) in [5, 5.41) is 13.5. The minimum atomic E-state index is -3.86. The largest absolute Gasteiger partial charge is 0.494 e. The van der Waals surface area contributed by atoms with Crippen LogP contribution in [0.5, 0.6) is 17.2 Å². The molecule has 7 heterocycles. The molecule has 3 fully saturated rings. The molecular formula is C49H54BrFN11O10P. The van der Waals surface area contributed by atoms with Crippen LogP contribution in [0.3, 0.4) is 0 Å². The molecule has 3 N–H and O–H groups in total. The summed E-state index contributed by atoms with van der Waals surface area (Å²) in [6, 6.07) is 8.87. The predicted molar refractivity (Wildman–Crippen MR) is 271 cm³/mol. The number of fused-ring (bicyclic) bond motifs is 2. The summed E-state index contributed by atoms with van der Waals surface area (Å²) >= 11 is 3.56. The van der Waals surface area contributed by atoms with Crippen LogP contribution >= 0.6 is 23.5 Å². The minimum Gasteiger partial charge on any atom is -0.494 e. The third-order valence-corrected chi connectivity index (χ3v) is 16.6. The molecule has 384 valence electrons. The van der Waals surface area contributed by atoms with Gasteiger partial charge in [0.05, 0.1) is 46.0 Å². The number of methoxy groups -OCH3 is 1. The maximum absolute atomic E-state index is 15.6. The molecule has 0 bridgehead atoms.